The molecule has 0 unspecified atom stereocenters. The van der Waals surface area contributed by atoms with Crippen molar-refractivity contribution < 1.29 is 23.7 Å². The average molecular weight is 408 g/mol. The highest BCUT2D eigenvalue weighted by Gasteiger charge is 2.10. The molecule has 0 fully saturated rings. The summed E-state index contributed by atoms with van der Waals surface area (Å²) in [6, 6.07) is 15.4. The number of amides is 1. The van der Waals surface area contributed by atoms with E-state index >= 15 is 0 Å². The summed E-state index contributed by atoms with van der Waals surface area (Å²) >= 11 is 0. The van der Waals surface area contributed by atoms with E-state index in [1.807, 2.05) is 6.07 Å². The van der Waals surface area contributed by atoms with Gasteiger partial charge < -0.3 is 18.9 Å². The van der Waals surface area contributed by atoms with E-state index in [1.54, 1.807) is 42.5 Å². The van der Waals surface area contributed by atoms with Crippen LogP contribution in [-0.4, -0.2) is 43.4 Å². The quantitative estimate of drug-likeness (QED) is 0.451. The molecule has 9 nitrogen and oxygen atoms in total. The molecule has 0 aliphatic heterocycles. The number of carbonyl (C=O) groups is 1. The number of hydrogen-bond donors (Lipinski definition) is 1. The van der Waals surface area contributed by atoms with Crippen LogP contribution in [0.5, 0.6) is 29.3 Å². The maximum absolute atomic E-state index is 12.3. The van der Waals surface area contributed by atoms with Crippen LogP contribution in [0.1, 0.15) is 15.9 Å². The summed E-state index contributed by atoms with van der Waals surface area (Å²) in [6.45, 7) is 0. The van der Waals surface area contributed by atoms with E-state index in [4.69, 9.17) is 18.9 Å². The number of ether oxygens (including phenoxy) is 4. The second-order valence-corrected chi connectivity index (χ2v) is 5.81. The van der Waals surface area contributed by atoms with Crippen molar-refractivity contribution in [2.75, 3.05) is 21.3 Å². The Morgan fingerprint density at radius 2 is 1.67 bits per heavy atom. The van der Waals surface area contributed by atoms with Gasteiger partial charge in [0, 0.05) is 11.1 Å². The number of rotatable bonds is 8. The molecule has 154 valence electrons. The van der Waals surface area contributed by atoms with Crippen molar-refractivity contribution in [3.05, 3.63) is 65.7 Å². The van der Waals surface area contributed by atoms with Gasteiger partial charge in [-0.1, -0.05) is 18.2 Å². The normalized spacial score (nSPS) is 10.5. The third-order valence-electron chi connectivity index (χ3n) is 3.90. The van der Waals surface area contributed by atoms with Crippen molar-refractivity contribution in [3.8, 4) is 29.3 Å². The molecule has 0 saturated carbocycles. The number of para-hydroxylation sites is 1. The van der Waals surface area contributed by atoms with Gasteiger partial charge in [0.2, 0.25) is 11.8 Å². The zero-order valence-corrected chi connectivity index (χ0v) is 16.7. The lowest BCUT2D eigenvalue weighted by Gasteiger charge is -2.09. The molecule has 30 heavy (non-hydrogen) atoms. The molecule has 3 aromatic rings. The Labute approximate surface area is 173 Å². The van der Waals surface area contributed by atoms with Crippen molar-refractivity contribution >= 4 is 12.1 Å². The molecule has 0 saturated heterocycles. The van der Waals surface area contributed by atoms with Gasteiger partial charge in [0.05, 0.1) is 33.6 Å². The second-order valence-electron chi connectivity index (χ2n) is 5.81. The van der Waals surface area contributed by atoms with E-state index in [-0.39, 0.29) is 11.9 Å². The standard InChI is InChI=1S/C21H20N4O5/c1-27-16-9-6-8-14(11-16)20(26)25-22-13-15-7-4-5-10-17(15)30-21-23-18(28-2)12-19(24-21)29-3/h4-13H,1-3H3,(H,25,26)/b22-13+. The fourth-order valence-electron chi connectivity index (χ4n) is 2.41. The van der Waals surface area contributed by atoms with Crippen LogP contribution in [0.2, 0.25) is 0 Å². The Balaban J connectivity index is 1.74. The average Bonchev–Trinajstić information content (AvgIpc) is 2.79. The number of methoxy groups -OCH3 is 3. The first kappa shape index (κ1) is 20.6. The molecular weight excluding hydrogens is 388 g/mol. The molecule has 0 atom stereocenters. The van der Waals surface area contributed by atoms with Gasteiger partial charge in [0.15, 0.2) is 0 Å². The van der Waals surface area contributed by atoms with Crippen LogP contribution in [-0.2, 0) is 0 Å². The Bertz CT molecular complexity index is 1030. The van der Waals surface area contributed by atoms with Crippen molar-refractivity contribution in [2.45, 2.75) is 0 Å². The monoisotopic (exact) mass is 408 g/mol. The van der Waals surface area contributed by atoms with E-state index in [2.05, 4.69) is 20.5 Å². The predicted octanol–water partition coefficient (Wildman–Crippen LogP) is 3.06. The number of benzene rings is 2. The number of nitrogens with one attached hydrogen (secondary N) is 1. The lowest BCUT2D eigenvalue weighted by Crippen LogP contribution is -2.17. The van der Waals surface area contributed by atoms with Gasteiger partial charge >= 0.3 is 6.01 Å². The predicted molar refractivity (Wildman–Crippen MR) is 110 cm³/mol. The minimum absolute atomic E-state index is 0.0486. The molecule has 2 aromatic carbocycles. The largest absolute Gasteiger partial charge is 0.497 e. The number of aromatic nitrogens is 2. The number of carbonyl (C=O) groups excluding carboxylic acids is 1. The van der Waals surface area contributed by atoms with Crippen molar-refractivity contribution in [2.24, 2.45) is 5.10 Å². The zero-order chi connectivity index (χ0) is 21.3. The third kappa shape index (κ3) is 5.22. The van der Waals surface area contributed by atoms with Gasteiger partial charge in [0.1, 0.15) is 11.5 Å². The zero-order valence-electron chi connectivity index (χ0n) is 16.7. The molecule has 0 spiro atoms. The fourth-order valence-corrected chi connectivity index (χ4v) is 2.41. The Hall–Kier alpha value is -4.14. The summed E-state index contributed by atoms with van der Waals surface area (Å²) in [7, 11) is 4.50. The van der Waals surface area contributed by atoms with Crippen LogP contribution in [0.3, 0.4) is 0 Å². The summed E-state index contributed by atoms with van der Waals surface area (Å²) in [6.07, 6.45) is 1.46. The SMILES string of the molecule is COc1cccc(C(=O)N/N=C/c2ccccc2Oc2nc(OC)cc(OC)n2)c1. The number of hydrazone groups is 1. The highest BCUT2D eigenvalue weighted by molar-refractivity contribution is 5.95. The minimum Gasteiger partial charge on any atom is -0.497 e. The summed E-state index contributed by atoms with van der Waals surface area (Å²) in [5.74, 6) is 1.25. The van der Waals surface area contributed by atoms with Crippen LogP contribution < -0.4 is 24.4 Å². The molecule has 0 radical (unpaired) electrons. The van der Waals surface area contributed by atoms with Gasteiger partial charge in [-0.05, 0) is 30.3 Å². The summed E-state index contributed by atoms with van der Waals surface area (Å²) in [4.78, 5) is 20.5. The molecule has 1 heterocycles. The highest BCUT2D eigenvalue weighted by atomic mass is 16.5. The molecule has 1 amide bonds. The van der Waals surface area contributed by atoms with E-state index < -0.39 is 0 Å². The fraction of sp³-hybridized carbons (Fsp3) is 0.143. The molecule has 0 aliphatic rings. The Morgan fingerprint density at radius 3 is 2.37 bits per heavy atom. The lowest BCUT2D eigenvalue weighted by molar-refractivity contribution is 0.0954. The van der Waals surface area contributed by atoms with E-state index in [9.17, 15) is 4.79 Å². The third-order valence-corrected chi connectivity index (χ3v) is 3.90. The molecule has 0 aliphatic carbocycles. The summed E-state index contributed by atoms with van der Waals surface area (Å²) in [5.41, 5.74) is 3.50. The van der Waals surface area contributed by atoms with Gasteiger partial charge in [-0.25, -0.2) is 5.43 Å². The maximum atomic E-state index is 12.3. The number of hydrogen-bond acceptors (Lipinski definition) is 8. The van der Waals surface area contributed by atoms with Crippen molar-refractivity contribution in [1.29, 1.82) is 0 Å². The minimum atomic E-state index is -0.371. The first-order valence-corrected chi connectivity index (χ1v) is 8.84. The van der Waals surface area contributed by atoms with Gasteiger partial charge in [-0.2, -0.15) is 15.1 Å². The molecule has 3 rings (SSSR count). The summed E-state index contributed by atoms with van der Waals surface area (Å²) < 4.78 is 21.1. The first-order valence-electron chi connectivity index (χ1n) is 8.84. The van der Waals surface area contributed by atoms with Crippen LogP contribution >= 0.6 is 0 Å². The van der Waals surface area contributed by atoms with E-state index in [0.717, 1.165) is 0 Å². The molecule has 0 bridgehead atoms. The van der Waals surface area contributed by atoms with Crippen LogP contribution in [0.15, 0.2) is 59.7 Å². The maximum Gasteiger partial charge on any atom is 0.328 e. The first-order chi connectivity index (χ1) is 14.6. The molecule has 1 N–H and O–H groups in total. The Morgan fingerprint density at radius 1 is 0.933 bits per heavy atom. The van der Waals surface area contributed by atoms with Crippen molar-refractivity contribution in [3.63, 3.8) is 0 Å². The van der Waals surface area contributed by atoms with Gasteiger partial charge in [-0.3, -0.25) is 4.79 Å². The van der Waals surface area contributed by atoms with Crippen LogP contribution in [0, 0.1) is 0 Å². The van der Waals surface area contributed by atoms with Crippen LogP contribution in [0.25, 0.3) is 0 Å². The van der Waals surface area contributed by atoms with E-state index in [0.29, 0.717) is 34.4 Å². The smallest absolute Gasteiger partial charge is 0.328 e. The summed E-state index contributed by atoms with van der Waals surface area (Å²) in [5, 5.41) is 4.01. The van der Waals surface area contributed by atoms with Crippen molar-refractivity contribution in [1.82, 2.24) is 15.4 Å². The Kier molecular flexibility index (Phi) is 6.78. The second kappa shape index (κ2) is 9.87. The topological polar surface area (TPSA) is 104 Å². The molecule has 9 heteroatoms. The van der Waals surface area contributed by atoms with Gasteiger partial charge in [0.25, 0.3) is 5.91 Å². The lowest BCUT2D eigenvalue weighted by atomic mass is 10.2. The molecular formula is C21H20N4O5. The van der Waals surface area contributed by atoms with Gasteiger partial charge in [-0.15, -0.1) is 0 Å². The number of nitrogens with zero attached hydrogens (tertiary/aromatic N) is 3. The van der Waals surface area contributed by atoms with E-state index in [1.165, 1.54) is 33.6 Å². The van der Waals surface area contributed by atoms with Crippen LogP contribution in [0.4, 0.5) is 0 Å². The molecule has 1 aromatic heterocycles. The highest BCUT2D eigenvalue weighted by Crippen LogP contribution is 2.25.